The lowest BCUT2D eigenvalue weighted by molar-refractivity contribution is -0.150. The molecule has 1 N–H and O–H groups in total. The Hall–Kier alpha value is -1.90. The number of ether oxygens (including phenoxy) is 7. The molecular weight excluding hydrogens is 659 g/mol. The van der Waals surface area contributed by atoms with Crippen LogP contribution in [-0.4, -0.2) is 106 Å². The fraction of sp³-hybridized carbons (Fsp3) is 0.789. The van der Waals surface area contributed by atoms with Crippen LogP contribution in [0.5, 0.6) is 17.2 Å². The van der Waals surface area contributed by atoms with Crippen LogP contribution in [0.1, 0.15) is 86.8 Å². The van der Waals surface area contributed by atoms with Gasteiger partial charge in [0.25, 0.3) is 0 Å². The van der Waals surface area contributed by atoms with Crippen molar-refractivity contribution in [3.8, 4) is 17.2 Å². The standard InChI is InChI=1S/C23H35NO5.C15H32O5Si/c1-5-16(20-15-29-20)14-25-13-9-10-18-22(27-7-3)21-17(24-18)11-12-19(26-6-2)23(21)28-8-4;1-5-15(13-17-14-15)12-16-10-9-11-21(18-6-2,19-7-3)20-8-4/h11-12,16,20,24H,5-10,13-15H2,1-4H3;5-14H2,1-4H3. The van der Waals surface area contributed by atoms with Crippen LogP contribution in [0.15, 0.2) is 12.1 Å². The van der Waals surface area contributed by atoms with Crippen molar-refractivity contribution < 1.29 is 46.4 Å². The fourth-order valence-electron chi connectivity index (χ4n) is 6.16. The molecule has 12 heteroatoms. The van der Waals surface area contributed by atoms with Gasteiger partial charge in [-0.25, -0.2) is 0 Å². The lowest BCUT2D eigenvalue weighted by Crippen LogP contribution is -2.47. The number of aromatic amines is 1. The number of hydrogen-bond donors (Lipinski definition) is 1. The fourth-order valence-corrected chi connectivity index (χ4v) is 8.74. The van der Waals surface area contributed by atoms with Crippen LogP contribution in [0.4, 0.5) is 0 Å². The number of aryl methyl sites for hydroxylation is 1. The third-order valence-corrected chi connectivity index (χ3v) is 12.2. The second-order valence-electron chi connectivity index (χ2n) is 12.8. The minimum absolute atomic E-state index is 0.258. The normalized spacial score (nSPS) is 17.2. The van der Waals surface area contributed by atoms with Crippen LogP contribution in [-0.2, 0) is 38.6 Å². The van der Waals surface area contributed by atoms with Gasteiger partial charge < -0.3 is 51.4 Å². The van der Waals surface area contributed by atoms with Gasteiger partial charge in [-0.05, 0) is 85.8 Å². The average molecular weight is 726 g/mol. The molecule has 2 saturated heterocycles. The van der Waals surface area contributed by atoms with Gasteiger partial charge in [0.05, 0.1) is 75.6 Å². The highest BCUT2D eigenvalue weighted by Gasteiger charge is 2.40. The van der Waals surface area contributed by atoms with Crippen molar-refractivity contribution in [1.82, 2.24) is 4.98 Å². The van der Waals surface area contributed by atoms with Crippen molar-refractivity contribution in [2.45, 2.75) is 99.6 Å². The molecular formula is C38H67NO10Si. The molecule has 50 heavy (non-hydrogen) atoms. The molecule has 11 nitrogen and oxygen atoms in total. The number of epoxide rings is 1. The minimum atomic E-state index is -2.50. The van der Waals surface area contributed by atoms with E-state index >= 15 is 0 Å². The summed E-state index contributed by atoms with van der Waals surface area (Å²) in [6, 6.07) is 4.81. The van der Waals surface area contributed by atoms with E-state index in [1.165, 1.54) is 0 Å². The molecule has 2 aromatic rings. The van der Waals surface area contributed by atoms with Crippen molar-refractivity contribution in [3.63, 3.8) is 0 Å². The van der Waals surface area contributed by atoms with E-state index in [1.807, 2.05) is 53.7 Å². The van der Waals surface area contributed by atoms with E-state index < -0.39 is 8.80 Å². The molecule has 0 amide bonds. The molecule has 288 valence electrons. The first kappa shape index (κ1) is 42.5. The quantitative estimate of drug-likeness (QED) is 0.0562. The largest absolute Gasteiger partial charge is 0.501 e. The predicted octanol–water partition coefficient (Wildman–Crippen LogP) is 7.61. The summed E-state index contributed by atoms with van der Waals surface area (Å²) < 4.78 is 57.7. The summed E-state index contributed by atoms with van der Waals surface area (Å²) in [5.41, 5.74) is 2.35. The lowest BCUT2D eigenvalue weighted by Gasteiger charge is -2.40. The van der Waals surface area contributed by atoms with E-state index in [-0.39, 0.29) is 5.41 Å². The maximum atomic E-state index is 6.04. The monoisotopic (exact) mass is 725 g/mol. The summed E-state index contributed by atoms with van der Waals surface area (Å²) in [5, 5.41) is 0.965. The van der Waals surface area contributed by atoms with E-state index in [1.54, 1.807) is 0 Å². The Labute approximate surface area is 302 Å². The zero-order valence-electron chi connectivity index (χ0n) is 32.3. The highest BCUT2D eigenvalue weighted by atomic mass is 28.4. The first-order valence-corrected chi connectivity index (χ1v) is 21.1. The Kier molecular flexibility index (Phi) is 19.5. The molecule has 2 aliphatic heterocycles. The van der Waals surface area contributed by atoms with Gasteiger partial charge in [0.15, 0.2) is 17.2 Å². The Morgan fingerprint density at radius 2 is 1.44 bits per heavy atom. The molecule has 0 radical (unpaired) electrons. The van der Waals surface area contributed by atoms with Crippen molar-refractivity contribution in [2.75, 3.05) is 85.9 Å². The van der Waals surface area contributed by atoms with Crippen LogP contribution in [0.2, 0.25) is 6.04 Å². The highest BCUT2D eigenvalue weighted by molar-refractivity contribution is 6.60. The topological polar surface area (TPSA) is 111 Å². The number of fused-ring (bicyclic) bond motifs is 1. The molecule has 2 atom stereocenters. The van der Waals surface area contributed by atoms with Gasteiger partial charge >= 0.3 is 8.80 Å². The van der Waals surface area contributed by atoms with Gasteiger partial charge in [0.1, 0.15) is 0 Å². The summed E-state index contributed by atoms with van der Waals surface area (Å²) >= 11 is 0. The second kappa shape index (κ2) is 22.9. The van der Waals surface area contributed by atoms with Gasteiger partial charge in [-0.15, -0.1) is 0 Å². The highest BCUT2D eigenvalue weighted by Crippen LogP contribution is 2.43. The molecule has 2 unspecified atom stereocenters. The van der Waals surface area contributed by atoms with E-state index in [0.29, 0.717) is 51.7 Å². The Morgan fingerprint density at radius 1 is 0.800 bits per heavy atom. The molecule has 4 rings (SSSR count). The molecule has 0 bridgehead atoms. The molecule has 1 aromatic heterocycles. The van der Waals surface area contributed by atoms with Gasteiger partial charge in [0, 0.05) is 50.4 Å². The van der Waals surface area contributed by atoms with Crippen LogP contribution in [0, 0.1) is 11.3 Å². The molecule has 2 aliphatic rings. The number of hydrogen-bond acceptors (Lipinski definition) is 10. The van der Waals surface area contributed by atoms with Gasteiger partial charge in [-0.3, -0.25) is 0 Å². The first-order chi connectivity index (χ1) is 24.4. The maximum absolute atomic E-state index is 6.04. The summed E-state index contributed by atoms with van der Waals surface area (Å²) in [7, 11) is -2.50. The van der Waals surface area contributed by atoms with E-state index in [9.17, 15) is 0 Å². The second-order valence-corrected chi connectivity index (χ2v) is 15.5. The van der Waals surface area contributed by atoms with E-state index in [0.717, 1.165) is 118 Å². The molecule has 0 saturated carbocycles. The van der Waals surface area contributed by atoms with Crippen LogP contribution in [0.3, 0.4) is 0 Å². The maximum Gasteiger partial charge on any atom is 0.501 e. The Bertz CT molecular complexity index is 1180. The number of benzene rings is 1. The third kappa shape index (κ3) is 12.6. The number of rotatable bonds is 27. The van der Waals surface area contributed by atoms with Gasteiger partial charge in [-0.2, -0.15) is 0 Å². The summed E-state index contributed by atoms with van der Waals surface area (Å²) in [5.74, 6) is 2.90. The number of H-pyrrole nitrogens is 1. The summed E-state index contributed by atoms with van der Waals surface area (Å²) in [6.07, 6.45) is 5.32. The summed E-state index contributed by atoms with van der Waals surface area (Å²) in [6.45, 7) is 25.5. The zero-order chi connectivity index (χ0) is 36.2. The smallest absolute Gasteiger partial charge is 0.491 e. The van der Waals surface area contributed by atoms with E-state index in [4.69, 9.17) is 46.4 Å². The van der Waals surface area contributed by atoms with Crippen LogP contribution >= 0.6 is 0 Å². The zero-order valence-corrected chi connectivity index (χ0v) is 33.3. The SMILES string of the molecule is CCO[Si](CCCOCC1(CC)COC1)(OCC)OCC.CCOc1ccc2[nH]c(CCCOCC(CC)C3CO3)c(OCC)c2c1OCC. The van der Waals surface area contributed by atoms with Gasteiger partial charge in [-0.1, -0.05) is 13.8 Å². The van der Waals surface area contributed by atoms with E-state index in [2.05, 4.69) is 18.8 Å². The van der Waals surface area contributed by atoms with Crippen LogP contribution < -0.4 is 14.2 Å². The minimum Gasteiger partial charge on any atom is -0.491 e. The first-order valence-electron chi connectivity index (χ1n) is 19.2. The van der Waals surface area contributed by atoms with Crippen molar-refractivity contribution >= 4 is 19.7 Å². The predicted molar refractivity (Wildman–Crippen MR) is 199 cm³/mol. The number of nitrogens with one attached hydrogen (secondary N) is 1. The van der Waals surface area contributed by atoms with Gasteiger partial charge in [0.2, 0.25) is 0 Å². The lowest BCUT2D eigenvalue weighted by atomic mass is 9.84. The molecule has 2 fully saturated rings. The third-order valence-electron chi connectivity index (χ3n) is 9.08. The Morgan fingerprint density at radius 3 is 1.98 bits per heavy atom. The molecule has 0 spiro atoms. The van der Waals surface area contributed by atoms with Crippen molar-refractivity contribution in [3.05, 3.63) is 17.8 Å². The average Bonchev–Trinajstić information content (AvgIpc) is 3.88. The summed E-state index contributed by atoms with van der Waals surface area (Å²) in [4.78, 5) is 3.52. The van der Waals surface area contributed by atoms with Crippen molar-refractivity contribution in [2.24, 2.45) is 11.3 Å². The molecule has 3 heterocycles. The number of aromatic nitrogens is 1. The molecule has 0 aliphatic carbocycles. The van der Waals surface area contributed by atoms with Crippen molar-refractivity contribution in [1.29, 1.82) is 0 Å². The molecule has 1 aromatic carbocycles. The Balaban J connectivity index is 0.000000286. The van der Waals surface area contributed by atoms with Crippen LogP contribution in [0.25, 0.3) is 10.9 Å².